The summed E-state index contributed by atoms with van der Waals surface area (Å²) in [5.41, 5.74) is 2.37. The molecule has 4 nitrogen and oxygen atoms in total. The van der Waals surface area contributed by atoms with Crippen molar-refractivity contribution < 1.29 is 9.59 Å². The molecule has 0 saturated heterocycles. The fourth-order valence-electron chi connectivity index (χ4n) is 3.01. The van der Waals surface area contributed by atoms with Crippen LogP contribution in [0.2, 0.25) is 0 Å². The summed E-state index contributed by atoms with van der Waals surface area (Å²) < 4.78 is 0. The van der Waals surface area contributed by atoms with E-state index in [4.69, 9.17) is 0 Å². The van der Waals surface area contributed by atoms with Gasteiger partial charge in [-0.1, -0.05) is 37.3 Å². The van der Waals surface area contributed by atoms with Gasteiger partial charge in [-0.25, -0.2) is 0 Å². The van der Waals surface area contributed by atoms with Gasteiger partial charge in [-0.05, 0) is 49.1 Å². The third kappa shape index (κ3) is 3.90. The number of hydrogen-bond donors (Lipinski definition) is 1. The van der Waals surface area contributed by atoms with Gasteiger partial charge in [0.25, 0.3) is 5.91 Å². The van der Waals surface area contributed by atoms with Crippen LogP contribution in [0, 0.1) is 11.8 Å². The van der Waals surface area contributed by atoms with Gasteiger partial charge in [0, 0.05) is 24.2 Å². The Morgan fingerprint density at radius 2 is 1.80 bits per heavy atom. The maximum absolute atomic E-state index is 12.4. The Bertz CT molecular complexity index is 772. The van der Waals surface area contributed by atoms with E-state index in [0.29, 0.717) is 11.5 Å². The molecule has 0 radical (unpaired) electrons. The molecule has 4 heteroatoms. The average Bonchev–Trinajstić information content (AvgIpc) is 3.37. The standard InChI is InChI=1S/C21H24N2O2/c1-14-12-19(14)21(25)23(3)15(2)17-10-7-11-18(13-17)22-20(24)16-8-5-4-6-9-16/h4-11,13-15,19H,12H2,1-3H3,(H,22,24)/t14-,15-,19+/m1/s1. The largest absolute Gasteiger partial charge is 0.339 e. The molecule has 0 heterocycles. The van der Waals surface area contributed by atoms with Crippen LogP contribution in [-0.4, -0.2) is 23.8 Å². The lowest BCUT2D eigenvalue weighted by Crippen LogP contribution is -2.31. The normalized spacial score (nSPS) is 19.8. The summed E-state index contributed by atoms with van der Waals surface area (Å²) in [7, 11) is 1.85. The summed E-state index contributed by atoms with van der Waals surface area (Å²) >= 11 is 0. The Hall–Kier alpha value is -2.62. The van der Waals surface area contributed by atoms with Gasteiger partial charge >= 0.3 is 0 Å². The number of carbonyl (C=O) groups is 2. The molecule has 0 spiro atoms. The van der Waals surface area contributed by atoms with Crippen molar-refractivity contribution in [2.75, 3.05) is 12.4 Å². The number of nitrogens with zero attached hydrogens (tertiary/aromatic N) is 1. The molecule has 25 heavy (non-hydrogen) atoms. The van der Waals surface area contributed by atoms with E-state index in [2.05, 4.69) is 12.2 Å². The minimum Gasteiger partial charge on any atom is -0.339 e. The maximum atomic E-state index is 12.4. The number of amides is 2. The Labute approximate surface area is 148 Å². The van der Waals surface area contributed by atoms with E-state index in [1.165, 1.54) is 0 Å². The fraction of sp³-hybridized carbons (Fsp3) is 0.333. The molecule has 1 aliphatic rings. The smallest absolute Gasteiger partial charge is 0.255 e. The van der Waals surface area contributed by atoms with Crippen LogP contribution in [0.15, 0.2) is 54.6 Å². The molecule has 2 aromatic rings. The number of hydrogen-bond acceptors (Lipinski definition) is 2. The summed E-state index contributed by atoms with van der Waals surface area (Å²) in [5, 5.41) is 2.92. The van der Waals surface area contributed by atoms with Crippen molar-refractivity contribution in [3.8, 4) is 0 Å². The van der Waals surface area contributed by atoms with Crippen LogP contribution in [0.1, 0.15) is 42.2 Å². The van der Waals surface area contributed by atoms with Gasteiger partial charge in [0.15, 0.2) is 0 Å². The van der Waals surface area contributed by atoms with E-state index in [-0.39, 0.29) is 23.8 Å². The number of carbonyl (C=O) groups excluding carboxylic acids is 2. The Morgan fingerprint density at radius 3 is 2.44 bits per heavy atom. The van der Waals surface area contributed by atoms with Gasteiger partial charge < -0.3 is 10.2 Å². The zero-order valence-electron chi connectivity index (χ0n) is 14.9. The molecule has 1 N–H and O–H groups in total. The van der Waals surface area contributed by atoms with Gasteiger partial charge in [0.1, 0.15) is 0 Å². The summed E-state index contributed by atoms with van der Waals surface area (Å²) in [6.07, 6.45) is 0.989. The Balaban J connectivity index is 1.70. The van der Waals surface area contributed by atoms with Gasteiger partial charge in [-0.15, -0.1) is 0 Å². The molecule has 3 rings (SSSR count). The third-order valence-electron chi connectivity index (χ3n) is 5.02. The van der Waals surface area contributed by atoms with E-state index in [0.717, 1.165) is 17.7 Å². The van der Waals surface area contributed by atoms with Crippen molar-refractivity contribution >= 4 is 17.5 Å². The number of rotatable bonds is 5. The van der Waals surface area contributed by atoms with Crippen LogP contribution in [0.4, 0.5) is 5.69 Å². The predicted octanol–water partition coefficient (Wildman–Crippen LogP) is 4.11. The molecule has 3 atom stereocenters. The molecule has 0 aromatic heterocycles. The lowest BCUT2D eigenvalue weighted by atomic mass is 10.1. The monoisotopic (exact) mass is 336 g/mol. The van der Waals surface area contributed by atoms with Crippen LogP contribution in [0.5, 0.6) is 0 Å². The quantitative estimate of drug-likeness (QED) is 0.893. The molecule has 2 amide bonds. The second kappa shape index (κ2) is 7.09. The van der Waals surface area contributed by atoms with Crippen molar-refractivity contribution in [3.05, 3.63) is 65.7 Å². The minimum atomic E-state index is -0.137. The van der Waals surface area contributed by atoms with Crippen molar-refractivity contribution in [2.24, 2.45) is 11.8 Å². The van der Waals surface area contributed by atoms with Gasteiger partial charge in [-0.3, -0.25) is 9.59 Å². The number of nitrogens with one attached hydrogen (secondary N) is 1. The molecule has 2 aromatic carbocycles. The van der Waals surface area contributed by atoms with Crippen LogP contribution >= 0.6 is 0 Å². The Kier molecular flexibility index (Phi) is 4.88. The van der Waals surface area contributed by atoms with Crippen molar-refractivity contribution in [1.82, 2.24) is 4.90 Å². The molecule has 1 aliphatic carbocycles. The molecule has 0 unspecified atom stereocenters. The van der Waals surface area contributed by atoms with Crippen LogP contribution < -0.4 is 5.32 Å². The highest BCUT2D eigenvalue weighted by Gasteiger charge is 2.41. The first-order valence-corrected chi connectivity index (χ1v) is 8.70. The van der Waals surface area contributed by atoms with Gasteiger partial charge in [0.05, 0.1) is 6.04 Å². The van der Waals surface area contributed by atoms with E-state index < -0.39 is 0 Å². The summed E-state index contributed by atoms with van der Waals surface area (Å²) in [6.45, 7) is 4.13. The number of anilines is 1. The topological polar surface area (TPSA) is 49.4 Å². The summed E-state index contributed by atoms with van der Waals surface area (Å²) in [4.78, 5) is 26.5. The van der Waals surface area contributed by atoms with Crippen molar-refractivity contribution in [2.45, 2.75) is 26.3 Å². The molecule has 0 bridgehead atoms. The van der Waals surface area contributed by atoms with Gasteiger partial charge in [-0.2, -0.15) is 0 Å². The van der Waals surface area contributed by atoms with Crippen LogP contribution in [-0.2, 0) is 4.79 Å². The first kappa shape index (κ1) is 17.2. The van der Waals surface area contributed by atoms with Crippen molar-refractivity contribution in [1.29, 1.82) is 0 Å². The first-order valence-electron chi connectivity index (χ1n) is 8.70. The highest BCUT2D eigenvalue weighted by atomic mass is 16.2. The summed E-state index contributed by atoms with van der Waals surface area (Å²) in [5.74, 6) is 0.743. The molecule has 0 aliphatic heterocycles. The molecule has 1 fully saturated rings. The average molecular weight is 336 g/mol. The van der Waals surface area contributed by atoms with Crippen LogP contribution in [0.25, 0.3) is 0 Å². The number of benzene rings is 2. The lowest BCUT2D eigenvalue weighted by Gasteiger charge is -2.26. The van der Waals surface area contributed by atoms with E-state index >= 15 is 0 Å². The predicted molar refractivity (Wildman–Crippen MR) is 99.3 cm³/mol. The Morgan fingerprint density at radius 1 is 1.12 bits per heavy atom. The highest BCUT2D eigenvalue weighted by molar-refractivity contribution is 6.04. The van der Waals surface area contributed by atoms with E-state index in [1.54, 1.807) is 12.1 Å². The second-order valence-corrected chi connectivity index (χ2v) is 6.89. The SMILES string of the molecule is C[C@@H]1C[C@@H]1C(=O)N(C)[C@H](C)c1cccc(NC(=O)c2ccccc2)c1. The lowest BCUT2D eigenvalue weighted by molar-refractivity contribution is -0.133. The molecular formula is C21H24N2O2. The van der Waals surface area contributed by atoms with E-state index in [9.17, 15) is 9.59 Å². The van der Waals surface area contributed by atoms with E-state index in [1.807, 2.05) is 61.3 Å². The summed E-state index contributed by atoms with van der Waals surface area (Å²) in [6, 6.07) is 16.8. The van der Waals surface area contributed by atoms with Gasteiger partial charge in [0.2, 0.25) is 5.91 Å². The fourth-order valence-corrected chi connectivity index (χ4v) is 3.01. The van der Waals surface area contributed by atoms with Crippen molar-refractivity contribution in [3.63, 3.8) is 0 Å². The molecule has 1 saturated carbocycles. The molecule has 130 valence electrons. The highest BCUT2D eigenvalue weighted by Crippen LogP contribution is 2.40. The second-order valence-electron chi connectivity index (χ2n) is 6.89. The van der Waals surface area contributed by atoms with Crippen LogP contribution in [0.3, 0.4) is 0 Å². The third-order valence-corrected chi connectivity index (χ3v) is 5.02. The zero-order chi connectivity index (χ0) is 18.0. The maximum Gasteiger partial charge on any atom is 0.255 e. The minimum absolute atomic E-state index is 0.0334. The molecular weight excluding hydrogens is 312 g/mol. The first-order chi connectivity index (χ1) is 12.0. The zero-order valence-corrected chi connectivity index (χ0v) is 14.9.